The molecule has 0 spiro atoms. The molecule has 0 saturated carbocycles. The van der Waals surface area contributed by atoms with Gasteiger partial charge in [-0.2, -0.15) is 8.42 Å². The molecule has 1 aromatic heterocycles. The first kappa shape index (κ1) is 12.4. The number of guanidine groups is 1. The average Bonchev–Trinajstić information content (AvgIpc) is 2.56. The summed E-state index contributed by atoms with van der Waals surface area (Å²) in [5, 5.41) is 5.72. The normalized spacial score (nSPS) is 16.7. The molecule has 0 unspecified atom stereocenters. The number of sulfonamides is 1. The molecule has 5 nitrogen and oxygen atoms in total. The van der Waals surface area contributed by atoms with Gasteiger partial charge in [0.05, 0.1) is 10.0 Å². The fourth-order valence-electron chi connectivity index (χ4n) is 1.25. The fourth-order valence-corrected chi connectivity index (χ4v) is 3.92. The van der Waals surface area contributed by atoms with Gasteiger partial charge in [0, 0.05) is 6.54 Å². The van der Waals surface area contributed by atoms with Gasteiger partial charge in [-0.3, -0.25) is 0 Å². The third-order valence-corrected chi connectivity index (χ3v) is 4.98. The van der Waals surface area contributed by atoms with Crippen LogP contribution in [0, 0.1) is 0 Å². The summed E-state index contributed by atoms with van der Waals surface area (Å²) < 4.78 is 27.8. The fraction of sp³-hybridized carbons (Fsp3) is 0.222. The molecular formula is C9H10ClN3O2S2. The molecule has 0 amide bonds. The SMILES string of the molecule is C=C(C)CNC1=NS(=O)(=O)c2sc(Cl)cc2N1. The van der Waals surface area contributed by atoms with E-state index in [-0.39, 0.29) is 10.2 Å². The Morgan fingerprint density at radius 1 is 1.71 bits per heavy atom. The Balaban J connectivity index is 2.31. The van der Waals surface area contributed by atoms with E-state index in [2.05, 4.69) is 21.6 Å². The number of rotatable bonds is 2. The summed E-state index contributed by atoms with van der Waals surface area (Å²) >= 11 is 6.77. The molecule has 0 fully saturated rings. The Morgan fingerprint density at radius 3 is 3.06 bits per heavy atom. The van der Waals surface area contributed by atoms with Gasteiger partial charge in [-0.05, 0) is 13.0 Å². The summed E-state index contributed by atoms with van der Waals surface area (Å²) in [5.74, 6) is 0.190. The first-order valence-electron chi connectivity index (χ1n) is 4.68. The molecule has 0 saturated heterocycles. The maximum atomic E-state index is 11.8. The van der Waals surface area contributed by atoms with Crippen LogP contribution in [0.1, 0.15) is 6.92 Å². The summed E-state index contributed by atoms with van der Waals surface area (Å²) in [6.07, 6.45) is 0. The molecule has 8 heteroatoms. The number of halogens is 1. The van der Waals surface area contributed by atoms with Crippen LogP contribution in [-0.4, -0.2) is 20.9 Å². The molecule has 0 aromatic carbocycles. The van der Waals surface area contributed by atoms with Crippen LogP contribution >= 0.6 is 22.9 Å². The highest BCUT2D eigenvalue weighted by molar-refractivity contribution is 7.92. The Hall–Kier alpha value is -1.05. The van der Waals surface area contributed by atoms with Crippen molar-refractivity contribution in [2.75, 3.05) is 11.9 Å². The van der Waals surface area contributed by atoms with Crippen LogP contribution < -0.4 is 10.6 Å². The number of fused-ring (bicyclic) bond motifs is 1. The second-order valence-corrected chi connectivity index (χ2v) is 7.09. The summed E-state index contributed by atoms with van der Waals surface area (Å²) in [6, 6.07) is 1.57. The highest BCUT2D eigenvalue weighted by Gasteiger charge is 2.27. The van der Waals surface area contributed by atoms with Crippen molar-refractivity contribution in [3.05, 3.63) is 22.6 Å². The van der Waals surface area contributed by atoms with Crippen molar-refractivity contribution in [2.45, 2.75) is 11.1 Å². The topological polar surface area (TPSA) is 70.6 Å². The summed E-state index contributed by atoms with van der Waals surface area (Å²) in [5.41, 5.74) is 1.33. The molecule has 92 valence electrons. The zero-order valence-electron chi connectivity index (χ0n) is 8.95. The van der Waals surface area contributed by atoms with Gasteiger partial charge in [-0.1, -0.05) is 23.8 Å². The van der Waals surface area contributed by atoms with Gasteiger partial charge < -0.3 is 10.6 Å². The monoisotopic (exact) mass is 291 g/mol. The second kappa shape index (κ2) is 4.32. The number of nitrogens with one attached hydrogen (secondary N) is 2. The molecule has 0 bridgehead atoms. The van der Waals surface area contributed by atoms with E-state index in [1.807, 2.05) is 6.92 Å². The molecular weight excluding hydrogens is 282 g/mol. The first-order valence-corrected chi connectivity index (χ1v) is 7.31. The lowest BCUT2D eigenvalue weighted by Crippen LogP contribution is -2.34. The highest BCUT2D eigenvalue weighted by atomic mass is 35.5. The molecule has 1 aromatic rings. The second-order valence-electron chi connectivity index (χ2n) is 3.60. The molecule has 0 aliphatic carbocycles. The third-order valence-electron chi connectivity index (χ3n) is 1.92. The van der Waals surface area contributed by atoms with E-state index >= 15 is 0 Å². The lowest BCUT2D eigenvalue weighted by Gasteiger charge is -2.15. The van der Waals surface area contributed by atoms with E-state index in [0.717, 1.165) is 16.9 Å². The zero-order valence-corrected chi connectivity index (χ0v) is 11.3. The number of nitrogens with zero attached hydrogens (tertiary/aromatic N) is 1. The minimum Gasteiger partial charge on any atom is -0.351 e. The number of hydrogen-bond acceptors (Lipinski definition) is 5. The van der Waals surface area contributed by atoms with Gasteiger partial charge in [0.2, 0.25) is 5.96 Å². The predicted octanol–water partition coefficient (Wildman–Crippen LogP) is 2.04. The predicted molar refractivity (Wildman–Crippen MR) is 70.4 cm³/mol. The zero-order chi connectivity index (χ0) is 12.6. The Morgan fingerprint density at radius 2 is 2.41 bits per heavy atom. The van der Waals surface area contributed by atoms with Crippen LogP contribution in [0.15, 0.2) is 26.8 Å². The van der Waals surface area contributed by atoms with Crippen LogP contribution in [0.2, 0.25) is 4.34 Å². The number of thiophene rings is 1. The molecule has 2 N–H and O–H groups in total. The maximum Gasteiger partial charge on any atom is 0.297 e. The molecule has 1 aliphatic rings. The van der Waals surface area contributed by atoms with Gasteiger partial charge in [0.1, 0.15) is 0 Å². The lowest BCUT2D eigenvalue weighted by molar-refractivity contribution is 0.599. The average molecular weight is 292 g/mol. The smallest absolute Gasteiger partial charge is 0.297 e. The maximum absolute atomic E-state index is 11.8. The Bertz CT molecular complexity index is 604. The van der Waals surface area contributed by atoms with E-state index in [1.54, 1.807) is 6.07 Å². The van der Waals surface area contributed by atoms with Crippen molar-refractivity contribution >= 4 is 44.6 Å². The number of hydrogen-bond donors (Lipinski definition) is 2. The largest absolute Gasteiger partial charge is 0.351 e. The lowest BCUT2D eigenvalue weighted by atomic mass is 10.3. The van der Waals surface area contributed by atoms with E-state index in [9.17, 15) is 8.42 Å². The van der Waals surface area contributed by atoms with Crippen molar-refractivity contribution in [1.82, 2.24) is 5.32 Å². The van der Waals surface area contributed by atoms with Crippen LogP contribution in [0.5, 0.6) is 0 Å². The standard InChI is InChI=1S/C9H10ClN3O2S2/c1-5(2)4-11-9-12-6-3-7(10)16-8(6)17(14,15)13-9/h3H,1,4H2,2H3,(H2,11,12,13). The van der Waals surface area contributed by atoms with Crippen molar-refractivity contribution in [3.63, 3.8) is 0 Å². The summed E-state index contributed by atoms with van der Waals surface area (Å²) in [6.45, 7) is 5.99. The number of anilines is 1. The molecule has 0 radical (unpaired) electrons. The van der Waals surface area contributed by atoms with Crippen molar-refractivity contribution < 1.29 is 8.42 Å². The molecule has 0 atom stereocenters. The molecule has 2 heterocycles. The van der Waals surface area contributed by atoms with Crippen molar-refractivity contribution in [2.24, 2.45) is 4.40 Å². The van der Waals surface area contributed by atoms with Gasteiger partial charge in [-0.25, -0.2) is 0 Å². The Kier molecular flexibility index (Phi) is 3.15. The van der Waals surface area contributed by atoms with E-state index in [0.29, 0.717) is 16.6 Å². The van der Waals surface area contributed by atoms with Crippen molar-refractivity contribution in [3.8, 4) is 0 Å². The minimum atomic E-state index is -3.65. The van der Waals surface area contributed by atoms with Gasteiger partial charge in [-0.15, -0.1) is 15.7 Å². The molecule has 1 aliphatic heterocycles. The Labute approximate surface area is 108 Å². The van der Waals surface area contributed by atoms with E-state index < -0.39 is 10.0 Å². The summed E-state index contributed by atoms with van der Waals surface area (Å²) in [7, 11) is -3.65. The van der Waals surface area contributed by atoms with Gasteiger partial charge >= 0.3 is 0 Å². The minimum absolute atomic E-state index is 0.142. The quantitative estimate of drug-likeness (QED) is 0.818. The van der Waals surface area contributed by atoms with Crippen LogP contribution in [0.3, 0.4) is 0 Å². The van der Waals surface area contributed by atoms with Gasteiger partial charge in [0.25, 0.3) is 10.0 Å². The van der Waals surface area contributed by atoms with E-state index in [1.165, 1.54) is 0 Å². The van der Waals surface area contributed by atoms with Crippen LogP contribution in [0.25, 0.3) is 0 Å². The van der Waals surface area contributed by atoms with E-state index in [4.69, 9.17) is 11.6 Å². The summed E-state index contributed by atoms with van der Waals surface area (Å²) in [4.78, 5) is 0. The van der Waals surface area contributed by atoms with Gasteiger partial charge in [0.15, 0.2) is 4.21 Å². The van der Waals surface area contributed by atoms with Crippen molar-refractivity contribution in [1.29, 1.82) is 0 Å². The molecule has 17 heavy (non-hydrogen) atoms. The highest BCUT2D eigenvalue weighted by Crippen LogP contribution is 2.37. The first-order chi connectivity index (χ1) is 7.88. The molecule has 2 rings (SSSR count). The van der Waals surface area contributed by atoms with Crippen LogP contribution in [-0.2, 0) is 10.0 Å². The third kappa shape index (κ3) is 2.62. The van der Waals surface area contributed by atoms with Crippen LogP contribution in [0.4, 0.5) is 5.69 Å².